The molecule has 22 heavy (non-hydrogen) atoms. The van der Waals surface area contributed by atoms with Crippen LogP contribution >= 0.6 is 23.2 Å². The van der Waals surface area contributed by atoms with Gasteiger partial charge in [-0.15, -0.1) is 6.58 Å². The van der Waals surface area contributed by atoms with Crippen LogP contribution in [-0.2, 0) is 0 Å². The van der Waals surface area contributed by atoms with E-state index >= 15 is 0 Å². The zero-order valence-electron chi connectivity index (χ0n) is 11.9. The first kappa shape index (κ1) is 16.3. The first-order chi connectivity index (χ1) is 10.5. The Morgan fingerprint density at radius 3 is 2.73 bits per heavy atom. The van der Waals surface area contributed by atoms with Crippen molar-refractivity contribution in [3.8, 4) is 0 Å². The lowest BCUT2D eigenvalue weighted by atomic mass is 10.3. The van der Waals surface area contributed by atoms with Crippen LogP contribution in [0.1, 0.15) is 16.2 Å². The van der Waals surface area contributed by atoms with E-state index in [0.29, 0.717) is 33.9 Å². The Hall–Kier alpha value is -2.11. The normalized spacial score (nSPS) is 10.1. The number of nitrogens with one attached hydrogen (secondary N) is 2. The van der Waals surface area contributed by atoms with Crippen molar-refractivity contribution < 1.29 is 4.79 Å². The van der Waals surface area contributed by atoms with Crippen molar-refractivity contribution >= 4 is 40.7 Å². The van der Waals surface area contributed by atoms with E-state index < -0.39 is 0 Å². The number of benzene rings is 1. The van der Waals surface area contributed by atoms with Crippen LogP contribution < -0.4 is 10.6 Å². The second-order valence-corrected chi connectivity index (χ2v) is 5.29. The van der Waals surface area contributed by atoms with Crippen molar-refractivity contribution in [2.75, 3.05) is 11.9 Å². The summed E-state index contributed by atoms with van der Waals surface area (Å²) >= 11 is 11.8. The highest BCUT2D eigenvalue weighted by Gasteiger charge is 2.10. The summed E-state index contributed by atoms with van der Waals surface area (Å²) in [5, 5.41) is 6.55. The van der Waals surface area contributed by atoms with Gasteiger partial charge >= 0.3 is 0 Å². The fraction of sp³-hybridized carbons (Fsp3) is 0.133. The van der Waals surface area contributed by atoms with Gasteiger partial charge in [0.05, 0.1) is 10.0 Å². The van der Waals surface area contributed by atoms with Crippen LogP contribution in [0.4, 0.5) is 11.6 Å². The molecule has 1 aromatic carbocycles. The molecule has 114 valence electrons. The number of hydrogen-bond acceptors (Lipinski definition) is 4. The molecule has 0 saturated heterocycles. The Balaban J connectivity index is 2.23. The average Bonchev–Trinajstić information content (AvgIpc) is 2.48. The molecule has 2 aromatic rings. The monoisotopic (exact) mass is 336 g/mol. The number of aromatic nitrogens is 2. The smallest absolute Gasteiger partial charge is 0.270 e. The molecule has 0 fully saturated rings. The van der Waals surface area contributed by atoms with Crippen molar-refractivity contribution in [3.63, 3.8) is 0 Å². The van der Waals surface area contributed by atoms with Crippen molar-refractivity contribution in [1.29, 1.82) is 0 Å². The van der Waals surface area contributed by atoms with Crippen molar-refractivity contribution in [3.05, 3.63) is 58.4 Å². The zero-order valence-corrected chi connectivity index (χ0v) is 13.4. The molecule has 1 amide bonds. The highest BCUT2D eigenvalue weighted by Crippen LogP contribution is 2.26. The molecule has 0 aliphatic heterocycles. The third kappa shape index (κ3) is 4.19. The molecule has 0 spiro atoms. The molecule has 0 saturated carbocycles. The second kappa shape index (κ2) is 7.24. The Bertz CT molecular complexity index is 719. The van der Waals surface area contributed by atoms with E-state index in [1.54, 1.807) is 37.3 Å². The van der Waals surface area contributed by atoms with E-state index in [2.05, 4.69) is 27.2 Å². The highest BCUT2D eigenvalue weighted by molar-refractivity contribution is 6.42. The molecule has 0 bridgehead atoms. The number of carbonyl (C=O) groups is 1. The van der Waals surface area contributed by atoms with E-state index in [1.165, 1.54) is 0 Å². The van der Waals surface area contributed by atoms with Crippen molar-refractivity contribution in [1.82, 2.24) is 15.3 Å². The summed E-state index contributed by atoms with van der Waals surface area (Å²) in [6.07, 6.45) is 1.60. The third-order valence-corrected chi connectivity index (χ3v) is 3.41. The summed E-state index contributed by atoms with van der Waals surface area (Å²) in [5.41, 5.74) is 1.62. The number of carbonyl (C=O) groups excluding carboxylic acids is 1. The van der Waals surface area contributed by atoms with Crippen LogP contribution in [0.15, 0.2) is 36.9 Å². The van der Waals surface area contributed by atoms with E-state index in [4.69, 9.17) is 23.2 Å². The maximum Gasteiger partial charge on any atom is 0.270 e. The minimum atomic E-state index is -0.289. The first-order valence-corrected chi connectivity index (χ1v) is 7.22. The summed E-state index contributed by atoms with van der Waals surface area (Å²) in [4.78, 5) is 20.4. The van der Waals surface area contributed by atoms with Gasteiger partial charge in [-0.3, -0.25) is 4.79 Å². The molecule has 2 N–H and O–H groups in total. The number of amides is 1. The lowest BCUT2D eigenvalue weighted by Gasteiger charge is -2.09. The summed E-state index contributed by atoms with van der Waals surface area (Å²) in [7, 11) is 0. The molecular formula is C15H14Cl2N4O. The number of aryl methyl sites for hydroxylation is 1. The zero-order chi connectivity index (χ0) is 16.1. The molecule has 0 atom stereocenters. The van der Waals surface area contributed by atoms with Crippen LogP contribution in [-0.4, -0.2) is 22.4 Å². The molecule has 0 radical (unpaired) electrons. The van der Waals surface area contributed by atoms with Gasteiger partial charge in [-0.05, 0) is 31.2 Å². The first-order valence-electron chi connectivity index (χ1n) is 6.46. The van der Waals surface area contributed by atoms with E-state index in [1.807, 2.05) is 0 Å². The standard InChI is InChI=1S/C15H14Cl2N4O/c1-3-6-18-14(22)13-7-9(2)19-15(21-13)20-10-4-5-11(16)12(17)8-10/h3-5,7-8H,1,6H2,2H3,(H,18,22)(H,19,20,21). The third-order valence-electron chi connectivity index (χ3n) is 2.67. The van der Waals surface area contributed by atoms with Crippen LogP contribution in [0.3, 0.4) is 0 Å². The molecule has 0 aliphatic carbocycles. The molecular weight excluding hydrogens is 323 g/mol. The van der Waals surface area contributed by atoms with Crippen LogP contribution in [0, 0.1) is 6.92 Å². The fourth-order valence-electron chi connectivity index (χ4n) is 1.70. The van der Waals surface area contributed by atoms with Gasteiger partial charge in [0.25, 0.3) is 5.91 Å². The number of nitrogens with zero attached hydrogens (tertiary/aromatic N) is 2. The topological polar surface area (TPSA) is 66.9 Å². The van der Waals surface area contributed by atoms with Crippen LogP contribution in [0.25, 0.3) is 0 Å². The molecule has 2 rings (SSSR count). The summed E-state index contributed by atoms with van der Waals surface area (Å²) < 4.78 is 0. The number of anilines is 2. The molecule has 7 heteroatoms. The second-order valence-electron chi connectivity index (χ2n) is 4.47. The lowest BCUT2D eigenvalue weighted by Crippen LogP contribution is -2.24. The van der Waals surface area contributed by atoms with Gasteiger partial charge < -0.3 is 10.6 Å². The van der Waals surface area contributed by atoms with Gasteiger partial charge in [-0.1, -0.05) is 29.3 Å². The van der Waals surface area contributed by atoms with Crippen LogP contribution in [0.2, 0.25) is 10.0 Å². The molecule has 1 aromatic heterocycles. The van der Waals surface area contributed by atoms with Crippen molar-refractivity contribution in [2.45, 2.75) is 6.92 Å². The quantitative estimate of drug-likeness (QED) is 0.816. The van der Waals surface area contributed by atoms with E-state index in [0.717, 1.165) is 0 Å². The number of halogens is 2. The minimum absolute atomic E-state index is 0.275. The average molecular weight is 337 g/mol. The molecule has 5 nitrogen and oxygen atoms in total. The molecule has 1 heterocycles. The fourth-order valence-corrected chi connectivity index (χ4v) is 2.00. The van der Waals surface area contributed by atoms with Gasteiger partial charge in [0, 0.05) is 17.9 Å². The minimum Gasteiger partial charge on any atom is -0.347 e. The van der Waals surface area contributed by atoms with E-state index in [9.17, 15) is 4.79 Å². The van der Waals surface area contributed by atoms with Gasteiger partial charge in [-0.25, -0.2) is 9.97 Å². The lowest BCUT2D eigenvalue weighted by molar-refractivity contribution is 0.0953. The summed E-state index contributed by atoms with van der Waals surface area (Å²) in [6, 6.07) is 6.68. The van der Waals surface area contributed by atoms with Crippen molar-refractivity contribution in [2.24, 2.45) is 0 Å². The van der Waals surface area contributed by atoms with E-state index in [-0.39, 0.29) is 11.6 Å². The predicted molar refractivity (Wildman–Crippen MR) is 89.0 cm³/mol. The summed E-state index contributed by atoms with van der Waals surface area (Å²) in [5.74, 6) is 0.0183. The van der Waals surface area contributed by atoms with Gasteiger partial charge in [-0.2, -0.15) is 0 Å². The highest BCUT2D eigenvalue weighted by atomic mass is 35.5. The van der Waals surface area contributed by atoms with Crippen LogP contribution in [0.5, 0.6) is 0 Å². The van der Waals surface area contributed by atoms with Gasteiger partial charge in [0.2, 0.25) is 5.95 Å². The Kier molecular flexibility index (Phi) is 5.35. The number of rotatable bonds is 5. The largest absolute Gasteiger partial charge is 0.347 e. The predicted octanol–water partition coefficient (Wildman–Crippen LogP) is 3.75. The van der Waals surface area contributed by atoms with Gasteiger partial charge in [0.1, 0.15) is 5.69 Å². The summed E-state index contributed by atoms with van der Waals surface area (Å²) in [6.45, 7) is 5.71. The Morgan fingerprint density at radius 2 is 2.05 bits per heavy atom. The number of hydrogen-bond donors (Lipinski definition) is 2. The molecule has 0 aliphatic rings. The molecule has 0 unspecified atom stereocenters. The Morgan fingerprint density at radius 1 is 1.27 bits per heavy atom. The van der Waals surface area contributed by atoms with Gasteiger partial charge in [0.15, 0.2) is 0 Å². The SMILES string of the molecule is C=CCNC(=O)c1cc(C)nc(Nc2ccc(Cl)c(Cl)c2)n1. The maximum absolute atomic E-state index is 11.9. The maximum atomic E-state index is 11.9. The Labute approximate surface area is 138 Å².